The van der Waals surface area contributed by atoms with E-state index in [0.717, 1.165) is 16.8 Å². The fourth-order valence-electron chi connectivity index (χ4n) is 2.45. The predicted molar refractivity (Wildman–Crippen MR) is 82.5 cm³/mol. The van der Waals surface area contributed by atoms with Gasteiger partial charge in [0.15, 0.2) is 0 Å². The minimum atomic E-state index is -0.468. The van der Waals surface area contributed by atoms with E-state index >= 15 is 0 Å². The lowest BCUT2D eigenvalue weighted by atomic mass is 10.00. The van der Waals surface area contributed by atoms with Crippen LogP contribution < -0.4 is 10.6 Å². The van der Waals surface area contributed by atoms with Crippen molar-refractivity contribution in [2.24, 2.45) is 0 Å². The Morgan fingerprint density at radius 3 is 2.82 bits per heavy atom. The van der Waals surface area contributed by atoms with Crippen molar-refractivity contribution in [2.75, 3.05) is 10.6 Å². The minimum Gasteiger partial charge on any atom is -0.326 e. The molecule has 0 aromatic heterocycles. The van der Waals surface area contributed by atoms with Crippen molar-refractivity contribution in [2.45, 2.75) is 19.8 Å². The number of carbonyl (C=O) groups is 2. The lowest BCUT2D eigenvalue weighted by molar-refractivity contribution is -0.116. The summed E-state index contributed by atoms with van der Waals surface area (Å²) in [6, 6.07) is 9.62. The number of hydrogen-bond donors (Lipinski definition) is 2. The second-order valence-corrected chi connectivity index (χ2v) is 5.36. The number of anilines is 2. The lowest BCUT2D eigenvalue weighted by Crippen LogP contribution is -2.20. The Labute approximate surface area is 127 Å². The van der Waals surface area contributed by atoms with Gasteiger partial charge in [0.25, 0.3) is 5.91 Å². The highest BCUT2D eigenvalue weighted by Gasteiger charge is 2.17. The average molecular weight is 298 g/mol. The standard InChI is InChI=1S/C17H15FN2O2/c1-10-2-5-13(18)15(8-10)20-17(22)12-3-6-14-11(9-12)4-7-16(21)19-14/h2-3,5-6,8-9H,4,7H2,1H3,(H,19,21)(H,20,22). The first-order valence-corrected chi connectivity index (χ1v) is 7.03. The molecule has 0 atom stereocenters. The molecule has 0 aliphatic carbocycles. The van der Waals surface area contributed by atoms with Gasteiger partial charge in [-0.05, 0) is 54.8 Å². The normalized spacial score (nSPS) is 13.3. The number of nitrogens with one attached hydrogen (secondary N) is 2. The van der Waals surface area contributed by atoms with Gasteiger partial charge in [-0.15, -0.1) is 0 Å². The van der Waals surface area contributed by atoms with Crippen LogP contribution in [0.4, 0.5) is 15.8 Å². The van der Waals surface area contributed by atoms with Crippen molar-refractivity contribution in [3.05, 3.63) is 58.9 Å². The van der Waals surface area contributed by atoms with Crippen LogP contribution in [0.5, 0.6) is 0 Å². The van der Waals surface area contributed by atoms with Crippen LogP contribution in [0.2, 0.25) is 0 Å². The van der Waals surface area contributed by atoms with E-state index in [2.05, 4.69) is 10.6 Å². The zero-order chi connectivity index (χ0) is 15.7. The van der Waals surface area contributed by atoms with Crippen LogP contribution >= 0.6 is 0 Å². The van der Waals surface area contributed by atoms with Gasteiger partial charge in [0.05, 0.1) is 5.69 Å². The van der Waals surface area contributed by atoms with Gasteiger partial charge in [-0.25, -0.2) is 4.39 Å². The number of fused-ring (bicyclic) bond motifs is 1. The number of carbonyl (C=O) groups excluding carboxylic acids is 2. The van der Waals surface area contributed by atoms with E-state index < -0.39 is 5.82 Å². The molecule has 5 heteroatoms. The summed E-state index contributed by atoms with van der Waals surface area (Å²) in [5.74, 6) is -0.861. The molecule has 2 amide bonds. The van der Waals surface area contributed by atoms with Crippen LogP contribution in [-0.2, 0) is 11.2 Å². The van der Waals surface area contributed by atoms with Gasteiger partial charge in [-0.1, -0.05) is 6.07 Å². The van der Waals surface area contributed by atoms with Crippen LogP contribution in [-0.4, -0.2) is 11.8 Å². The summed E-state index contributed by atoms with van der Waals surface area (Å²) in [4.78, 5) is 23.6. The number of hydrogen-bond acceptors (Lipinski definition) is 2. The summed E-state index contributed by atoms with van der Waals surface area (Å²) in [6.45, 7) is 1.83. The van der Waals surface area contributed by atoms with E-state index in [4.69, 9.17) is 0 Å². The smallest absolute Gasteiger partial charge is 0.255 e. The van der Waals surface area contributed by atoms with Crippen LogP contribution in [0.3, 0.4) is 0 Å². The Bertz CT molecular complexity index is 771. The van der Waals surface area contributed by atoms with Crippen molar-refractivity contribution in [1.29, 1.82) is 0 Å². The molecule has 4 nitrogen and oxygen atoms in total. The Kier molecular flexibility index (Phi) is 3.63. The molecule has 0 bridgehead atoms. The maximum absolute atomic E-state index is 13.7. The number of halogens is 1. The fourth-order valence-corrected chi connectivity index (χ4v) is 2.45. The molecule has 3 rings (SSSR count). The van der Waals surface area contributed by atoms with Gasteiger partial charge >= 0.3 is 0 Å². The molecular weight excluding hydrogens is 283 g/mol. The molecule has 1 aliphatic rings. The van der Waals surface area contributed by atoms with Crippen molar-refractivity contribution in [1.82, 2.24) is 0 Å². The lowest BCUT2D eigenvalue weighted by Gasteiger charge is -2.17. The Balaban J connectivity index is 1.84. The Hall–Kier alpha value is -2.69. The molecule has 0 saturated carbocycles. The first kappa shape index (κ1) is 14.3. The third kappa shape index (κ3) is 2.83. The van der Waals surface area contributed by atoms with Crippen LogP contribution in [0.25, 0.3) is 0 Å². The number of aryl methyl sites for hydroxylation is 2. The van der Waals surface area contributed by atoms with Crippen LogP contribution in [0, 0.1) is 12.7 Å². The van der Waals surface area contributed by atoms with Gasteiger partial charge in [-0.2, -0.15) is 0 Å². The quantitative estimate of drug-likeness (QED) is 0.894. The highest BCUT2D eigenvalue weighted by atomic mass is 19.1. The zero-order valence-corrected chi connectivity index (χ0v) is 12.1. The number of rotatable bonds is 2. The molecule has 112 valence electrons. The summed E-state index contributed by atoms with van der Waals surface area (Å²) >= 11 is 0. The first-order valence-electron chi connectivity index (χ1n) is 7.03. The van der Waals surface area contributed by atoms with Crippen molar-refractivity contribution in [3.8, 4) is 0 Å². The van der Waals surface area contributed by atoms with E-state index in [1.807, 2.05) is 6.92 Å². The third-order valence-electron chi connectivity index (χ3n) is 3.63. The molecule has 22 heavy (non-hydrogen) atoms. The van der Waals surface area contributed by atoms with Crippen LogP contribution in [0.1, 0.15) is 27.9 Å². The van der Waals surface area contributed by atoms with E-state index in [1.165, 1.54) is 6.07 Å². The Morgan fingerprint density at radius 2 is 2.00 bits per heavy atom. The van der Waals surface area contributed by atoms with Crippen molar-refractivity contribution < 1.29 is 14.0 Å². The van der Waals surface area contributed by atoms with Gasteiger partial charge in [0, 0.05) is 17.7 Å². The monoisotopic (exact) mass is 298 g/mol. The van der Waals surface area contributed by atoms with Gasteiger partial charge in [0.1, 0.15) is 5.82 Å². The highest BCUT2D eigenvalue weighted by Crippen LogP contribution is 2.24. The molecule has 2 N–H and O–H groups in total. The van der Waals surface area contributed by atoms with Gasteiger partial charge in [-0.3, -0.25) is 9.59 Å². The summed E-state index contributed by atoms with van der Waals surface area (Å²) < 4.78 is 13.7. The molecular formula is C17H15FN2O2. The fraction of sp³-hybridized carbons (Fsp3) is 0.176. The van der Waals surface area contributed by atoms with Crippen molar-refractivity contribution >= 4 is 23.2 Å². The summed E-state index contributed by atoms with van der Waals surface area (Å²) in [5.41, 5.74) is 3.11. The number of amides is 2. The topological polar surface area (TPSA) is 58.2 Å². The number of benzene rings is 2. The second kappa shape index (κ2) is 5.60. The maximum Gasteiger partial charge on any atom is 0.255 e. The maximum atomic E-state index is 13.7. The minimum absolute atomic E-state index is 0.0217. The summed E-state index contributed by atoms with van der Waals surface area (Å²) in [5, 5.41) is 5.34. The first-order chi connectivity index (χ1) is 10.5. The van der Waals surface area contributed by atoms with E-state index in [1.54, 1.807) is 30.3 Å². The Morgan fingerprint density at radius 1 is 1.18 bits per heavy atom. The molecule has 0 radical (unpaired) electrons. The van der Waals surface area contributed by atoms with Crippen LogP contribution in [0.15, 0.2) is 36.4 Å². The zero-order valence-electron chi connectivity index (χ0n) is 12.1. The summed E-state index contributed by atoms with van der Waals surface area (Å²) in [7, 11) is 0. The average Bonchev–Trinajstić information content (AvgIpc) is 2.50. The SMILES string of the molecule is Cc1ccc(F)c(NC(=O)c2ccc3c(c2)CCC(=O)N3)c1. The predicted octanol–water partition coefficient (Wildman–Crippen LogP) is 3.27. The molecule has 2 aromatic carbocycles. The highest BCUT2D eigenvalue weighted by molar-refractivity contribution is 6.05. The van der Waals surface area contributed by atoms with Gasteiger partial charge < -0.3 is 10.6 Å². The molecule has 0 saturated heterocycles. The molecule has 0 unspecified atom stereocenters. The molecule has 0 fully saturated rings. The van der Waals surface area contributed by atoms with Crippen molar-refractivity contribution in [3.63, 3.8) is 0 Å². The van der Waals surface area contributed by atoms with E-state index in [0.29, 0.717) is 18.4 Å². The largest absolute Gasteiger partial charge is 0.326 e. The van der Waals surface area contributed by atoms with E-state index in [9.17, 15) is 14.0 Å². The summed E-state index contributed by atoms with van der Waals surface area (Å²) in [6.07, 6.45) is 1.01. The molecule has 1 aliphatic heterocycles. The molecule has 0 spiro atoms. The molecule has 2 aromatic rings. The molecule has 1 heterocycles. The van der Waals surface area contributed by atoms with E-state index in [-0.39, 0.29) is 17.5 Å². The van der Waals surface area contributed by atoms with Gasteiger partial charge in [0.2, 0.25) is 5.91 Å². The second-order valence-electron chi connectivity index (χ2n) is 5.36. The third-order valence-corrected chi connectivity index (χ3v) is 3.63.